The summed E-state index contributed by atoms with van der Waals surface area (Å²) in [5, 5.41) is 12.9. The molecule has 0 aliphatic rings. The summed E-state index contributed by atoms with van der Waals surface area (Å²) in [6.07, 6.45) is 1.64. The molecule has 0 saturated carbocycles. The number of hydrogen-bond donors (Lipinski definition) is 2. The third-order valence-corrected chi connectivity index (χ3v) is 4.29. The van der Waals surface area contributed by atoms with Crippen LogP contribution >= 0.6 is 11.6 Å². The van der Waals surface area contributed by atoms with E-state index in [0.29, 0.717) is 17.2 Å². The average Bonchev–Trinajstić information content (AvgIpc) is 2.36. The number of rotatable bonds is 8. The van der Waals surface area contributed by atoms with E-state index < -0.39 is 10.8 Å². The maximum absolute atomic E-state index is 12.2. The molecular weight excluding hydrogens is 270 g/mol. The highest BCUT2D eigenvalue weighted by Gasteiger charge is 2.13. The molecular formula is C13H20ClNO2S. The Kier molecular flexibility index (Phi) is 7.51. The minimum atomic E-state index is -1.09. The zero-order valence-corrected chi connectivity index (χ0v) is 12.1. The van der Waals surface area contributed by atoms with Crippen LogP contribution in [0.3, 0.4) is 0 Å². The van der Waals surface area contributed by atoms with Crippen molar-refractivity contribution in [3.05, 3.63) is 29.3 Å². The van der Waals surface area contributed by atoms with Gasteiger partial charge in [0.2, 0.25) is 0 Å². The number of hydrogen-bond acceptors (Lipinski definition) is 3. The molecule has 5 heteroatoms. The van der Waals surface area contributed by atoms with Crippen LogP contribution < -0.4 is 5.32 Å². The summed E-state index contributed by atoms with van der Waals surface area (Å²) in [6, 6.07) is 7.19. The molecule has 2 N–H and O–H groups in total. The van der Waals surface area contributed by atoms with Gasteiger partial charge in [0.1, 0.15) is 0 Å². The highest BCUT2D eigenvalue weighted by molar-refractivity contribution is 7.85. The first-order valence-electron chi connectivity index (χ1n) is 6.15. The van der Waals surface area contributed by atoms with Crippen LogP contribution in [0.5, 0.6) is 0 Å². The van der Waals surface area contributed by atoms with E-state index in [1.807, 2.05) is 6.07 Å². The predicted molar refractivity (Wildman–Crippen MR) is 76.5 cm³/mol. The molecule has 1 rings (SSSR count). The van der Waals surface area contributed by atoms with Crippen LogP contribution in [0.4, 0.5) is 0 Å². The Bertz CT molecular complexity index is 387. The number of halogens is 1. The number of nitrogens with one attached hydrogen (secondary N) is 1. The summed E-state index contributed by atoms with van der Waals surface area (Å²) >= 11 is 5.88. The maximum atomic E-state index is 12.2. The van der Waals surface area contributed by atoms with Gasteiger partial charge in [-0.1, -0.05) is 24.6 Å². The quantitative estimate of drug-likeness (QED) is 0.771. The van der Waals surface area contributed by atoms with Crippen molar-refractivity contribution in [3.63, 3.8) is 0 Å². The standard InChI is InChI=1S/C13H20ClNO2S/c1-2-7-15-12(6-8-16)10-18(17)13-5-3-4-11(14)9-13/h3-5,9,12,15-16H,2,6-8,10H2,1H3. The fraction of sp³-hybridized carbons (Fsp3) is 0.538. The van der Waals surface area contributed by atoms with Gasteiger partial charge in [-0.15, -0.1) is 0 Å². The van der Waals surface area contributed by atoms with Gasteiger partial charge in [0.05, 0.1) is 10.8 Å². The Labute approximate surface area is 116 Å². The van der Waals surface area contributed by atoms with Gasteiger partial charge in [-0.2, -0.15) is 0 Å². The van der Waals surface area contributed by atoms with E-state index in [9.17, 15) is 4.21 Å². The highest BCUT2D eigenvalue weighted by atomic mass is 35.5. The van der Waals surface area contributed by atoms with Crippen LogP contribution in [-0.4, -0.2) is 34.3 Å². The number of benzene rings is 1. The molecule has 0 aliphatic heterocycles. The van der Waals surface area contributed by atoms with E-state index in [2.05, 4.69) is 12.2 Å². The van der Waals surface area contributed by atoms with Gasteiger partial charge < -0.3 is 10.4 Å². The van der Waals surface area contributed by atoms with Crippen molar-refractivity contribution in [2.45, 2.75) is 30.7 Å². The van der Waals surface area contributed by atoms with Crippen molar-refractivity contribution in [1.82, 2.24) is 5.32 Å². The summed E-state index contributed by atoms with van der Waals surface area (Å²) in [4.78, 5) is 0.740. The topological polar surface area (TPSA) is 49.3 Å². The minimum Gasteiger partial charge on any atom is -0.396 e. The predicted octanol–water partition coefficient (Wildman–Crippen LogP) is 2.20. The van der Waals surface area contributed by atoms with Gasteiger partial charge in [0, 0.05) is 28.3 Å². The molecule has 2 unspecified atom stereocenters. The lowest BCUT2D eigenvalue weighted by atomic mass is 10.2. The Morgan fingerprint density at radius 2 is 2.28 bits per heavy atom. The second kappa shape index (κ2) is 8.64. The lowest BCUT2D eigenvalue weighted by Crippen LogP contribution is -2.35. The van der Waals surface area contributed by atoms with E-state index >= 15 is 0 Å². The van der Waals surface area contributed by atoms with Gasteiger partial charge in [0.15, 0.2) is 0 Å². The van der Waals surface area contributed by atoms with Crippen LogP contribution in [0, 0.1) is 0 Å². The molecule has 0 heterocycles. The first-order valence-corrected chi connectivity index (χ1v) is 7.85. The van der Waals surface area contributed by atoms with Gasteiger partial charge >= 0.3 is 0 Å². The number of aliphatic hydroxyl groups is 1. The zero-order valence-electron chi connectivity index (χ0n) is 10.6. The van der Waals surface area contributed by atoms with Crippen molar-refractivity contribution >= 4 is 22.4 Å². The molecule has 0 aliphatic carbocycles. The molecule has 1 aromatic carbocycles. The van der Waals surface area contributed by atoms with E-state index in [-0.39, 0.29) is 12.6 Å². The maximum Gasteiger partial charge on any atom is 0.0545 e. The fourth-order valence-electron chi connectivity index (χ4n) is 1.64. The summed E-state index contributed by atoms with van der Waals surface area (Å²) in [6.45, 7) is 3.06. The normalized spacial score (nSPS) is 14.4. The largest absolute Gasteiger partial charge is 0.396 e. The Morgan fingerprint density at radius 3 is 2.89 bits per heavy atom. The summed E-state index contributed by atoms with van der Waals surface area (Å²) in [5.41, 5.74) is 0. The van der Waals surface area contributed by atoms with Gasteiger partial charge in [-0.25, -0.2) is 0 Å². The van der Waals surface area contributed by atoms with E-state index in [1.54, 1.807) is 18.2 Å². The molecule has 3 nitrogen and oxygen atoms in total. The third kappa shape index (κ3) is 5.48. The van der Waals surface area contributed by atoms with Crippen molar-refractivity contribution in [3.8, 4) is 0 Å². The molecule has 102 valence electrons. The van der Waals surface area contributed by atoms with Crippen molar-refractivity contribution < 1.29 is 9.32 Å². The van der Waals surface area contributed by atoms with Crippen LogP contribution in [0.1, 0.15) is 19.8 Å². The van der Waals surface area contributed by atoms with Crippen LogP contribution in [0.25, 0.3) is 0 Å². The summed E-state index contributed by atoms with van der Waals surface area (Å²) in [7, 11) is -1.09. The molecule has 18 heavy (non-hydrogen) atoms. The first kappa shape index (κ1) is 15.6. The Morgan fingerprint density at radius 1 is 1.50 bits per heavy atom. The molecule has 0 fully saturated rings. The van der Waals surface area contributed by atoms with Gasteiger partial charge in [-0.05, 0) is 37.6 Å². The molecule has 2 atom stereocenters. The SMILES string of the molecule is CCCNC(CCO)CS(=O)c1cccc(Cl)c1. The molecule has 0 saturated heterocycles. The first-order chi connectivity index (χ1) is 8.67. The zero-order chi connectivity index (χ0) is 13.4. The van der Waals surface area contributed by atoms with Crippen LogP contribution in [0.2, 0.25) is 5.02 Å². The van der Waals surface area contributed by atoms with Gasteiger partial charge in [0.25, 0.3) is 0 Å². The smallest absolute Gasteiger partial charge is 0.0545 e. The molecule has 0 aromatic heterocycles. The van der Waals surface area contributed by atoms with Crippen LogP contribution in [0.15, 0.2) is 29.2 Å². The Balaban J connectivity index is 2.59. The van der Waals surface area contributed by atoms with Crippen molar-refractivity contribution in [1.29, 1.82) is 0 Å². The second-order valence-corrected chi connectivity index (χ2v) is 6.07. The lowest BCUT2D eigenvalue weighted by Gasteiger charge is -2.17. The van der Waals surface area contributed by atoms with E-state index in [0.717, 1.165) is 17.9 Å². The molecule has 0 bridgehead atoms. The third-order valence-electron chi connectivity index (χ3n) is 2.57. The monoisotopic (exact) mass is 289 g/mol. The van der Waals surface area contributed by atoms with E-state index in [4.69, 9.17) is 16.7 Å². The average molecular weight is 290 g/mol. The van der Waals surface area contributed by atoms with Crippen LogP contribution in [-0.2, 0) is 10.8 Å². The Hall–Kier alpha value is -0.420. The van der Waals surface area contributed by atoms with Gasteiger partial charge in [-0.3, -0.25) is 4.21 Å². The lowest BCUT2D eigenvalue weighted by molar-refractivity contribution is 0.270. The minimum absolute atomic E-state index is 0.0785. The summed E-state index contributed by atoms with van der Waals surface area (Å²) < 4.78 is 12.2. The molecule has 0 spiro atoms. The summed E-state index contributed by atoms with van der Waals surface area (Å²) in [5.74, 6) is 0.501. The second-order valence-electron chi connectivity index (χ2n) is 4.13. The van der Waals surface area contributed by atoms with Crippen molar-refractivity contribution in [2.24, 2.45) is 0 Å². The number of aliphatic hydroxyl groups excluding tert-OH is 1. The van der Waals surface area contributed by atoms with Crippen molar-refractivity contribution in [2.75, 3.05) is 18.9 Å². The molecule has 0 radical (unpaired) electrons. The molecule has 0 amide bonds. The molecule has 1 aromatic rings. The highest BCUT2D eigenvalue weighted by Crippen LogP contribution is 2.15. The van der Waals surface area contributed by atoms with E-state index in [1.165, 1.54) is 0 Å². The fourth-order valence-corrected chi connectivity index (χ4v) is 3.22.